The first-order valence-corrected chi connectivity index (χ1v) is 8.04. The number of anilines is 1. The second-order valence-corrected chi connectivity index (χ2v) is 5.74. The Morgan fingerprint density at radius 2 is 1.90 bits per heavy atom. The molecule has 0 aliphatic heterocycles. The van der Waals surface area contributed by atoms with Crippen LogP contribution >= 0.6 is 0 Å². The van der Waals surface area contributed by atoms with Gasteiger partial charge >= 0.3 is 5.97 Å². The third kappa shape index (κ3) is 5.07. The molecule has 0 saturated heterocycles. The van der Waals surface area contributed by atoms with E-state index in [1.807, 2.05) is 26.8 Å². The van der Waals surface area contributed by atoms with Crippen LogP contribution in [0.4, 0.5) is 5.69 Å². The number of rotatable bonds is 8. The van der Waals surface area contributed by atoms with Gasteiger partial charge in [0.25, 0.3) is 0 Å². The van der Waals surface area contributed by atoms with Gasteiger partial charge in [-0.1, -0.05) is 50.3 Å². The first-order chi connectivity index (χ1) is 10.0. The van der Waals surface area contributed by atoms with Crippen molar-refractivity contribution in [3.05, 3.63) is 28.8 Å². The Labute approximate surface area is 128 Å². The van der Waals surface area contributed by atoms with Gasteiger partial charge < -0.3 is 10.5 Å². The normalized spacial score (nSPS) is 12.2. The minimum atomic E-state index is -0.236. The number of carbonyl (C=O) groups is 1. The van der Waals surface area contributed by atoms with Crippen molar-refractivity contribution in [3.63, 3.8) is 0 Å². The van der Waals surface area contributed by atoms with Crippen molar-refractivity contribution in [2.45, 2.75) is 65.7 Å². The van der Waals surface area contributed by atoms with E-state index >= 15 is 0 Å². The van der Waals surface area contributed by atoms with Crippen LogP contribution in [0.3, 0.4) is 0 Å². The number of unbranched alkanes of at least 4 members (excludes halogenated alkanes) is 3. The highest BCUT2D eigenvalue weighted by Gasteiger charge is 2.24. The number of nitrogen functional groups attached to an aromatic ring is 1. The third-order valence-electron chi connectivity index (χ3n) is 3.86. The largest absolute Gasteiger partial charge is 0.466 e. The lowest BCUT2D eigenvalue weighted by molar-refractivity contribution is -0.145. The molecule has 0 radical (unpaired) electrons. The molecule has 3 nitrogen and oxygen atoms in total. The number of benzene rings is 1. The summed E-state index contributed by atoms with van der Waals surface area (Å²) in [4.78, 5) is 12.3. The summed E-state index contributed by atoms with van der Waals surface area (Å²) in [5.74, 6) is -0.383. The molecule has 0 aromatic heterocycles. The molecule has 0 amide bonds. The first-order valence-electron chi connectivity index (χ1n) is 8.04. The summed E-state index contributed by atoms with van der Waals surface area (Å²) in [6, 6.07) is 4.09. The molecule has 21 heavy (non-hydrogen) atoms. The molecule has 1 unspecified atom stereocenters. The van der Waals surface area contributed by atoms with Gasteiger partial charge in [0.2, 0.25) is 0 Å². The molecule has 0 fully saturated rings. The molecule has 0 spiro atoms. The minimum Gasteiger partial charge on any atom is -0.466 e. The van der Waals surface area contributed by atoms with Crippen LogP contribution in [0.2, 0.25) is 0 Å². The van der Waals surface area contributed by atoms with E-state index in [9.17, 15) is 4.79 Å². The Bertz CT molecular complexity index is 469. The lowest BCUT2D eigenvalue weighted by Gasteiger charge is -2.19. The second kappa shape index (κ2) is 8.71. The van der Waals surface area contributed by atoms with Crippen molar-refractivity contribution in [2.24, 2.45) is 0 Å². The molecule has 3 heteroatoms. The number of nitrogens with two attached hydrogens (primary N) is 1. The summed E-state index contributed by atoms with van der Waals surface area (Å²) in [7, 11) is 0. The zero-order chi connectivity index (χ0) is 15.8. The molecule has 0 heterocycles. The van der Waals surface area contributed by atoms with Crippen molar-refractivity contribution < 1.29 is 9.53 Å². The van der Waals surface area contributed by atoms with E-state index in [-0.39, 0.29) is 11.9 Å². The van der Waals surface area contributed by atoms with Gasteiger partial charge in [-0.05, 0) is 38.3 Å². The van der Waals surface area contributed by atoms with E-state index in [4.69, 9.17) is 10.5 Å². The van der Waals surface area contributed by atoms with Crippen LogP contribution in [-0.4, -0.2) is 12.6 Å². The SMILES string of the molecule is CCCCCCC(C(=O)OCC)c1cc(C)cc(C)c1N. The number of carbonyl (C=O) groups excluding carboxylic acids is 1. The van der Waals surface area contributed by atoms with E-state index in [0.29, 0.717) is 6.61 Å². The first kappa shape index (κ1) is 17.5. The summed E-state index contributed by atoms with van der Waals surface area (Å²) >= 11 is 0. The lowest BCUT2D eigenvalue weighted by Crippen LogP contribution is -2.18. The topological polar surface area (TPSA) is 52.3 Å². The van der Waals surface area contributed by atoms with Crippen LogP contribution in [0.25, 0.3) is 0 Å². The summed E-state index contributed by atoms with van der Waals surface area (Å²) in [5.41, 5.74) is 10.0. The van der Waals surface area contributed by atoms with Crippen molar-refractivity contribution in [2.75, 3.05) is 12.3 Å². The number of esters is 1. The van der Waals surface area contributed by atoms with E-state index < -0.39 is 0 Å². The molecular formula is C18H29NO2. The maximum absolute atomic E-state index is 12.3. The van der Waals surface area contributed by atoms with Gasteiger partial charge in [0.15, 0.2) is 0 Å². The van der Waals surface area contributed by atoms with Gasteiger partial charge in [0.05, 0.1) is 12.5 Å². The number of aryl methyl sites for hydroxylation is 2. The standard InChI is InChI=1S/C18H29NO2/c1-5-7-8-9-10-15(18(20)21-6-2)16-12-13(3)11-14(4)17(16)19/h11-12,15H,5-10,19H2,1-4H3. The maximum atomic E-state index is 12.3. The fourth-order valence-corrected chi connectivity index (χ4v) is 2.72. The molecule has 2 N–H and O–H groups in total. The Kier molecular flexibility index (Phi) is 7.27. The zero-order valence-electron chi connectivity index (χ0n) is 13.9. The number of hydrogen-bond acceptors (Lipinski definition) is 3. The predicted octanol–water partition coefficient (Wildman–Crippen LogP) is 4.50. The predicted molar refractivity (Wildman–Crippen MR) is 88.5 cm³/mol. The van der Waals surface area contributed by atoms with Gasteiger partial charge in [-0.2, -0.15) is 0 Å². The van der Waals surface area contributed by atoms with Crippen LogP contribution in [0.15, 0.2) is 12.1 Å². The van der Waals surface area contributed by atoms with Crippen molar-refractivity contribution in [1.82, 2.24) is 0 Å². The van der Waals surface area contributed by atoms with Crippen molar-refractivity contribution in [3.8, 4) is 0 Å². The highest BCUT2D eigenvalue weighted by molar-refractivity contribution is 5.81. The fourth-order valence-electron chi connectivity index (χ4n) is 2.72. The van der Waals surface area contributed by atoms with E-state index in [1.165, 1.54) is 12.8 Å². The van der Waals surface area contributed by atoms with Crippen LogP contribution in [0.1, 0.15) is 68.6 Å². The summed E-state index contributed by atoms with van der Waals surface area (Å²) < 4.78 is 5.26. The Balaban J connectivity index is 2.97. The fraction of sp³-hybridized carbons (Fsp3) is 0.611. The third-order valence-corrected chi connectivity index (χ3v) is 3.86. The maximum Gasteiger partial charge on any atom is 0.313 e. The van der Waals surface area contributed by atoms with Crippen LogP contribution in [-0.2, 0) is 9.53 Å². The lowest BCUT2D eigenvalue weighted by atomic mass is 9.89. The molecule has 1 aromatic rings. The zero-order valence-corrected chi connectivity index (χ0v) is 13.9. The molecule has 0 aliphatic carbocycles. The molecule has 0 bridgehead atoms. The summed E-state index contributed by atoms with van der Waals surface area (Å²) in [6.45, 7) is 8.47. The van der Waals surface area contributed by atoms with Crippen LogP contribution < -0.4 is 5.73 Å². The van der Waals surface area contributed by atoms with E-state index in [2.05, 4.69) is 13.0 Å². The molecule has 0 saturated carbocycles. The van der Waals surface area contributed by atoms with Gasteiger partial charge in [0, 0.05) is 5.69 Å². The van der Waals surface area contributed by atoms with Crippen molar-refractivity contribution in [1.29, 1.82) is 0 Å². The summed E-state index contributed by atoms with van der Waals surface area (Å²) in [6.07, 6.45) is 5.39. The van der Waals surface area contributed by atoms with Crippen LogP contribution in [0.5, 0.6) is 0 Å². The Morgan fingerprint density at radius 3 is 2.52 bits per heavy atom. The Hall–Kier alpha value is -1.51. The highest BCUT2D eigenvalue weighted by atomic mass is 16.5. The molecule has 118 valence electrons. The quantitative estimate of drug-likeness (QED) is 0.436. The highest BCUT2D eigenvalue weighted by Crippen LogP contribution is 2.31. The van der Waals surface area contributed by atoms with Gasteiger partial charge in [-0.15, -0.1) is 0 Å². The monoisotopic (exact) mass is 291 g/mol. The minimum absolute atomic E-state index is 0.148. The second-order valence-electron chi connectivity index (χ2n) is 5.74. The van der Waals surface area contributed by atoms with Gasteiger partial charge in [-0.25, -0.2) is 0 Å². The van der Waals surface area contributed by atoms with E-state index in [1.54, 1.807) is 0 Å². The number of ether oxygens (including phenoxy) is 1. The van der Waals surface area contributed by atoms with Crippen LogP contribution in [0, 0.1) is 13.8 Å². The molecule has 1 rings (SSSR count). The van der Waals surface area contributed by atoms with E-state index in [0.717, 1.165) is 41.6 Å². The number of hydrogen-bond donors (Lipinski definition) is 1. The average molecular weight is 291 g/mol. The molecule has 1 atom stereocenters. The molecule has 1 aromatic carbocycles. The Morgan fingerprint density at radius 1 is 1.19 bits per heavy atom. The van der Waals surface area contributed by atoms with Gasteiger partial charge in [0.1, 0.15) is 0 Å². The summed E-state index contributed by atoms with van der Waals surface area (Å²) in [5, 5.41) is 0. The smallest absolute Gasteiger partial charge is 0.313 e. The average Bonchev–Trinajstić information content (AvgIpc) is 2.43. The molecule has 0 aliphatic rings. The molecular weight excluding hydrogens is 262 g/mol. The van der Waals surface area contributed by atoms with Crippen molar-refractivity contribution >= 4 is 11.7 Å². The van der Waals surface area contributed by atoms with Gasteiger partial charge in [-0.3, -0.25) is 4.79 Å².